The van der Waals surface area contributed by atoms with Gasteiger partial charge in [0.15, 0.2) is 0 Å². The minimum atomic E-state index is -4.64. The van der Waals surface area contributed by atoms with Gasteiger partial charge in [0.05, 0.1) is 18.8 Å². The van der Waals surface area contributed by atoms with Crippen molar-refractivity contribution in [2.24, 2.45) is 11.8 Å². The molecule has 1 aliphatic carbocycles. The highest BCUT2D eigenvalue weighted by Crippen LogP contribution is 2.45. The molecule has 5 atom stereocenters. The van der Waals surface area contributed by atoms with Crippen LogP contribution in [0.2, 0.25) is 0 Å². The SMILES string of the molecule is C=C[C@@H]1C[C@]1(NC(=O)[C@@H]1C[C@@H](OC(=O)N2Cc3cccc(F)c3C2)CN1C(=O)[C@H](C)NC(=O)C(C)C)C(=O)NS(=O)(=O)c1cc(F)ccc1NC. The van der Waals surface area contributed by atoms with Gasteiger partial charge in [-0.3, -0.25) is 24.1 Å². The number of sulfonamides is 1. The Hall–Kier alpha value is -5.06. The van der Waals surface area contributed by atoms with Crippen LogP contribution in [0.15, 0.2) is 53.9 Å². The van der Waals surface area contributed by atoms with Crippen LogP contribution in [0, 0.1) is 23.5 Å². The average molecular weight is 731 g/mol. The van der Waals surface area contributed by atoms with Crippen molar-refractivity contribution in [3.63, 3.8) is 0 Å². The van der Waals surface area contributed by atoms with Gasteiger partial charge >= 0.3 is 6.09 Å². The molecule has 5 amide bonds. The molecule has 4 N–H and O–H groups in total. The molecular weight excluding hydrogens is 690 g/mol. The topological polar surface area (TPSA) is 183 Å². The highest BCUT2D eigenvalue weighted by atomic mass is 32.2. The smallest absolute Gasteiger partial charge is 0.410 e. The van der Waals surface area contributed by atoms with Gasteiger partial charge in [-0.15, -0.1) is 6.58 Å². The number of fused-ring (bicyclic) bond motifs is 1. The molecule has 51 heavy (non-hydrogen) atoms. The first kappa shape index (κ1) is 37.2. The van der Waals surface area contributed by atoms with E-state index in [0.29, 0.717) is 11.1 Å². The second kappa shape index (κ2) is 14.3. The Balaban J connectivity index is 1.35. The molecule has 0 unspecified atom stereocenters. The average Bonchev–Trinajstić information content (AvgIpc) is 3.37. The number of carbonyl (C=O) groups excluding carboxylic acids is 5. The largest absolute Gasteiger partial charge is 0.444 e. The Kier molecular flexibility index (Phi) is 10.4. The third kappa shape index (κ3) is 7.52. The van der Waals surface area contributed by atoms with Crippen LogP contribution in [0.25, 0.3) is 0 Å². The molecule has 2 fully saturated rings. The lowest BCUT2D eigenvalue weighted by molar-refractivity contribution is -0.142. The van der Waals surface area contributed by atoms with Crippen LogP contribution in [-0.4, -0.2) is 85.3 Å². The summed E-state index contributed by atoms with van der Waals surface area (Å²) >= 11 is 0. The predicted molar refractivity (Wildman–Crippen MR) is 179 cm³/mol. The van der Waals surface area contributed by atoms with E-state index in [2.05, 4.69) is 22.5 Å². The third-order valence-corrected chi connectivity index (χ3v) is 10.7. The Labute approximate surface area is 294 Å². The van der Waals surface area contributed by atoms with Crippen molar-refractivity contribution in [3.8, 4) is 0 Å². The summed E-state index contributed by atoms with van der Waals surface area (Å²) in [6.45, 7) is 8.21. The van der Waals surface area contributed by atoms with Crippen molar-refractivity contribution in [2.45, 2.75) is 75.3 Å². The maximum Gasteiger partial charge on any atom is 0.410 e. The number of nitrogens with one attached hydrogen (secondary N) is 4. The number of ether oxygens (including phenoxy) is 1. The first-order chi connectivity index (χ1) is 24.0. The molecule has 17 heteroatoms. The van der Waals surface area contributed by atoms with Gasteiger partial charge in [-0.1, -0.05) is 32.1 Å². The van der Waals surface area contributed by atoms with Gasteiger partial charge in [0.25, 0.3) is 15.9 Å². The van der Waals surface area contributed by atoms with Crippen molar-refractivity contribution >= 4 is 45.4 Å². The lowest BCUT2D eigenvalue weighted by atomic mass is 10.1. The number of amides is 5. The molecule has 5 rings (SSSR count). The number of hydrogen-bond acceptors (Lipinski definition) is 9. The van der Waals surface area contributed by atoms with Crippen molar-refractivity contribution < 1.29 is 45.9 Å². The third-order valence-electron chi connectivity index (χ3n) is 9.33. The minimum Gasteiger partial charge on any atom is -0.444 e. The molecule has 2 aromatic rings. The molecule has 0 radical (unpaired) electrons. The van der Waals surface area contributed by atoms with Gasteiger partial charge < -0.3 is 25.6 Å². The fourth-order valence-electron chi connectivity index (χ4n) is 6.32. The van der Waals surface area contributed by atoms with E-state index in [1.165, 1.54) is 43.1 Å². The first-order valence-corrected chi connectivity index (χ1v) is 17.8. The van der Waals surface area contributed by atoms with Crippen molar-refractivity contribution in [3.05, 3.63) is 71.8 Å². The number of halogens is 2. The normalized spacial score (nSPS) is 22.8. The lowest BCUT2D eigenvalue weighted by Gasteiger charge is -2.29. The first-order valence-electron chi connectivity index (χ1n) is 16.3. The summed E-state index contributed by atoms with van der Waals surface area (Å²) in [7, 11) is -3.22. The number of rotatable bonds is 11. The van der Waals surface area contributed by atoms with Crippen LogP contribution < -0.4 is 20.7 Å². The van der Waals surface area contributed by atoms with Crippen molar-refractivity contribution in [1.29, 1.82) is 0 Å². The van der Waals surface area contributed by atoms with E-state index < -0.39 is 91.8 Å². The Morgan fingerprint density at radius 1 is 1.08 bits per heavy atom. The highest BCUT2D eigenvalue weighted by molar-refractivity contribution is 7.90. The van der Waals surface area contributed by atoms with Gasteiger partial charge in [-0.25, -0.2) is 26.7 Å². The summed E-state index contributed by atoms with van der Waals surface area (Å²) in [6.07, 6.45) is -0.662. The predicted octanol–water partition coefficient (Wildman–Crippen LogP) is 2.15. The molecule has 14 nitrogen and oxygen atoms in total. The molecule has 2 aromatic carbocycles. The summed E-state index contributed by atoms with van der Waals surface area (Å²) in [4.78, 5) is 68.7. The van der Waals surface area contributed by atoms with Gasteiger partial charge in [-0.2, -0.15) is 0 Å². The van der Waals surface area contributed by atoms with Crippen LogP contribution in [0.3, 0.4) is 0 Å². The van der Waals surface area contributed by atoms with Crippen LogP contribution in [0.1, 0.15) is 44.7 Å². The zero-order valence-corrected chi connectivity index (χ0v) is 29.3. The van der Waals surface area contributed by atoms with Gasteiger partial charge in [0.1, 0.15) is 40.3 Å². The van der Waals surface area contributed by atoms with Crippen molar-refractivity contribution in [1.82, 2.24) is 25.2 Å². The van der Waals surface area contributed by atoms with E-state index in [9.17, 15) is 41.2 Å². The van der Waals surface area contributed by atoms with Gasteiger partial charge in [0.2, 0.25) is 17.7 Å². The molecule has 2 heterocycles. The number of likely N-dealkylation sites (tertiary alicyclic amines) is 1. The maximum absolute atomic E-state index is 14.3. The van der Waals surface area contributed by atoms with E-state index >= 15 is 0 Å². The second-order valence-corrected chi connectivity index (χ2v) is 14.8. The monoisotopic (exact) mass is 730 g/mol. The summed E-state index contributed by atoms with van der Waals surface area (Å²) < 4.78 is 62.5. The Morgan fingerprint density at radius 2 is 1.80 bits per heavy atom. The number of anilines is 1. The minimum absolute atomic E-state index is 0.0215. The molecule has 0 aromatic heterocycles. The molecule has 0 bridgehead atoms. The molecule has 1 saturated heterocycles. The fourth-order valence-corrected chi connectivity index (χ4v) is 7.59. The van der Waals surface area contributed by atoms with E-state index in [1.54, 1.807) is 19.9 Å². The lowest BCUT2D eigenvalue weighted by Crippen LogP contribution is -2.58. The number of hydrogen-bond donors (Lipinski definition) is 4. The summed E-state index contributed by atoms with van der Waals surface area (Å²) in [6, 6.07) is 5.09. The van der Waals surface area contributed by atoms with Crippen LogP contribution >= 0.6 is 0 Å². The quantitative estimate of drug-likeness (QED) is 0.252. The van der Waals surface area contributed by atoms with Crippen LogP contribution in [-0.2, 0) is 47.0 Å². The molecule has 2 aliphatic heterocycles. The molecule has 3 aliphatic rings. The van der Waals surface area contributed by atoms with Crippen molar-refractivity contribution in [2.75, 3.05) is 18.9 Å². The summed E-state index contributed by atoms with van der Waals surface area (Å²) in [5, 5.41) is 7.82. The number of benzene rings is 2. The van der Waals surface area contributed by atoms with Gasteiger partial charge in [0, 0.05) is 37.4 Å². The summed E-state index contributed by atoms with van der Waals surface area (Å²) in [5.74, 6) is -5.50. The number of carbonyl (C=O) groups is 5. The number of nitrogens with zero attached hydrogens (tertiary/aromatic N) is 2. The van der Waals surface area contributed by atoms with E-state index in [4.69, 9.17) is 4.74 Å². The van der Waals surface area contributed by atoms with E-state index in [0.717, 1.165) is 17.0 Å². The van der Waals surface area contributed by atoms with Crippen LogP contribution in [0.4, 0.5) is 19.3 Å². The zero-order valence-electron chi connectivity index (χ0n) is 28.5. The highest BCUT2D eigenvalue weighted by Gasteiger charge is 2.61. The fraction of sp³-hybridized carbons (Fsp3) is 0.441. The summed E-state index contributed by atoms with van der Waals surface area (Å²) in [5.41, 5.74) is -0.788. The zero-order chi connectivity index (χ0) is 37.4. The molecule has 1 saturated carbocycles. The van der Waals surface area contributed by atoms with Gasteiger partial charge in [-0.05, 0) is 43.2 Å². The Morgan fingerprint density at radius 3 is 2.43 bits per heavy atom. The molecule has 0 spiro atoms. The standard InChI is InChI=1S/C34H40F2N6O8S/c1-6-21-14-34(21,32(46)40-51(48,49)28-12-22(35)10-11-26(28)37-5)39-30(44)27-13-23(16-42(27)31(45)19(4)38-29(43)18(2)3)50-33(47)41-15-20-8-7-9-25(36)24(20)17-41/h6-12,18-19,21,23,27,37H,1,13-17H2,2-5H3,(H,38,43)(H,39,44)(H,40,46)/t19-,21+,23+,27-,34+/m0/s1. The maximum atomic E-state index is 14.3. The Bertz CT molecular complexity index is 1890. The van der Waals surface area contributed by atoms with E-state index in [1.807, 2.05) is 4.72 Å². The van der Waals surface area contributed by atoms with E-state index in [-0.39, 0.29) is 38.2 Å². The molecular formula is C34H40F2N6O8S. The van der Waals surface area contributed by atoms with Crippen LogP contribution in [0.5, 0.6) is 0 Å². The molecule has 274 valence electrons. The second-order valence-electron chi connectivity index (χ2n) is 13.2.